The molecule has 1 aromatic heterocycles. The molecule has 0 aliphatic rings. The molecule has 1 heterocycles. The summed E-state index contributed by atoms with van der Waals surface area (Å²) in [5.74, 6) is 0.652. The third kappa shape index (κ3) is 1.89. The summed E-state index contributed by atoms with van der Waals surface area (Å²) in [6, 6.07) is 14.0. The Morgan fingerprint density at radius 3 is 2.61 bits per heavy atom. The molecule has 90 valence electrons. The molecule has 0 fully saturated rings. The van der Waals surface area contributed by atoms with E-state index < -0.39 is 0 Å². The Hall–Kier alpha value is -2.13. The zero-order chi connectivity index (χ0) is 12.5. The minimum atomic E-state index is 0.549. The van der Waals surface area contributed by atoms with E-state index in [0.29, 0.717) is 12.4 Å². The van der Waals surface area contributed by atoms with Gasteiger partial charge in [0, 0.05) is 12.1 Å². The number of benzene rings is 2. The van der Waals surface area contributed by atoms with Crippen molar-refractivity contribution in [1.82, 2.24) is 4.98 Å². The van der Waals surface area contributed by atoms with Gasteiger partial charge >= 0.3 is 0 Å². The van der Waals surface area contributed by atoms with E-state index in [2.05, 4.69) is 4.98 Å². The molecule has 2 N–H and O–H groups in total. The van der Waals surface area contributed by atoms with Crippen molar-refractivity contribution in [2.75, 3.05) is 0 Å². The average Bonchev–Trinajstić information content (AvgIpc) is 2.81. The van der Waals surface area contributed by atoms with Gasteiger partial charge in [-0.25, -0.2) is 4.98 Å². The number of aryl methyl sites for hydroxylation is 1. The van der Waals surface area contributed by atoms with E-state index in [9.17, 15) is 0 Å². The van der Waals surface area contributed by atoms with Crippen LogP contribution in [0.4, 0.5) is 0 Å². The zero-order valence-electron chi connectivity index (χ0n) is 10.2. The third-order valence-corrected chi connectivity index (χ3v) is 2.98. The molecule has 0 unspecified atom stereocenters. The normalized spacial score (nSPS) is 11.0. The van der Waals surface area contributed by atoms with Gasteiger partial charge in [0.15, 0.2) is 5.58 Å². The van der Waals surface area contributed by atoms with Crippen LogP contribution in [0, 0.1) is 6.92 Å². The first-order valence-corrected chi connectivity index (χ1v) is 5.93. The second-order valence-electron chi connectivity index (χ2n) is 4.39. The molecule has 2 aromatic carbocycles. The Labute approximate surface area is 105 Å². The molecule has 3 rings (SSSR count). The van der Waals surface area contributed by atoms with Crippen LogP contribution in [0.5, 0.6) is 0 Å². The van der Waals surface area contributed by atoms with Gasteiger partial charge < -0.3 is 10.2 Å². The minimum absolute atomic E-state index is 0.549. The maximum absolute atomic E-state index is 5.77. The molecule has 18 heavy (non-hydrogen) atoms. The topological polar surface area (TPSA) is 52.0 Å². The van der Waals surface area contributed by atoms with E-state index >= 15 is 0 Å². The molecule has 3 aromatic rings. The number of nitrogens with two attached hydrogens (primary N) is 1. The van der Waals surface area contributed by atoms with Crippen molar-refractivity contribution in [1.29, 1.82) is 0 Å². The van der Waals surface area contributed by atoms with Crippen LogP contribution in [0.1, 0.15) is 11.1 Å². The highest BCUT2D eigenvalue weighted by Crippen LogP contribution is 2.25. The molecule has 0 aliphatic carbocycles. The number of nitrogens with zero attached hydrogens (tertiary/aromatic N) is 1. The Kier molecular flexibility index (Phi) is 2.61. The fourth-order valence-corrected chi connectivity index (χ4v) is 1.94. The summed E-state index contributed by atoms with van der Waals surface area (Å²) in [6.07, 6.45) is 0. The molecule has 3 heteroatoms. The molecule has 3 nitrogen and oxygen atoms in total. The summed E-state index contributed by atoms with van der Waals surface area (Å²) in [5.41, 5.74) is 10.5. The molecule has 0 saturated heterocycles. The van der Waals surface area contributed by atoms with Crippen molar-refractivity contribution < 1.29 is 4.42 Å². The van der Waals surface area contributed by atoms with Gasteiger partial charge in [0.1, 0.15) is 5.52 Å². The van der Waals surface area contributed by atoms with Crippen LogP contribution in [0.15, 0.2) is 46.9 Å². The maximum atomic E-state index is 5.77. The van der Waals surface area contributed by atoms with E-state index in [-0.39, 0.29) is 0 Å². The maximum Gasteiger partial charge on any atom is 0.227 e. The van der Waals surface area contributed by atoms with Crippen LogP contribution in [0.25, 0.3) is 22.6 Å². The van der Waals surface area contributed by atoms with Gasteiger partial charge in [-0.2, -0.15) is 0 Å². The Morgan fingerprint density at radius 1 is 1.11 bits per heavy atom. The van der Waals surface area contributed by atoms with E-state index in [1.165, 1.54) is 5.56 Å². The van der Waals surface area contributed by atoms with Crippen molar-refractivity contribution in [3.63, 3.8) is 0 Å². The van der Waals surface area contributed by atoms with Gasteiger partial charge in [-0.1, -0.05) is 18.2 Å². The summed E-state index contributed by atoms with van der Waals surface area (Å²) >= 11 is 0. The molecule has 0 spiro atoms. The summed E-state index contributed by atoms with van der Waals surface area (Å²) < 4.78 is 5.77. The second-order valence-corrected chi connectivity index (χ2v) is 4.39. The number of rotatable bonds is 2. The molecule has 0 aliphatic heterocycles. The Morgan fingerprint density at radius 2 is 1.89 bits per heavy atom. The van der Waals surface area contributed by atoms with E-state index in [0.717, 1.165) is 22.2 Å². The highest BCUT2D eigenvalue weighted by molar-refractivity contribution is 5.76. The van der Waals surface area contributed by atoms with Gasteiger partial charge in [-0.3, -0.25) is 0 Å². The van der Waals surface area contributed by atoms with Crippen LogP contribution in [-0.4, -0.2) is 4.98 Å². The first-order chi connectivity index (χ1) is 8.76. The number of hydrogen-bond donors (Lipinski definition) is 1. The lowest BCUT2D eigenvalue weighted by molar-refractivity contribution is 0.619. The fourth-order valence-electron chi connectivity index (χ4n) is 1.94. The van der Waals surface area contributed by atoms with Gasteiger partial charge in [0.25, 0.3) is 0 Å². The largest absolute Gasteiger partial charge is 0.436 e. The quantitative estimate of drug-likeness (QED) is 0.745. The summed E-state index contributed by atoms with van der Waals surface area (Å²) in [6.45, 7) is 2.59. The minimum Gasteiger partial charge on any atom is -0.436 e. The zero-order valence-corrected chi connectivity index (χ0v) is 10.2. The predicted molar refractivity (Wildman–Crippen MR) is 72.1 cm³/mol. The van der Waals surface area contributed by atoms with Gasteiger partial charge in [0.05, 0.1) is 0 Å². The first-order valence-electron chi connectivity index (χ1n) is 5.93. The van der Waals surface area contributed by atoms with Crippen LogP contribution in [-0.2, 0) is 6.54 Å². The molecular formula is C15H14N2O. The van der Waals surface area contributed by atoms with Crippen molar-refractivity contribution in [2.24, 2.45) is 5.73 Å². The lowest BCUT2D eigenvalue weighted by atomic mass is 10.1. The third-order valence-electron chi connectivity index (χ3n) is 2.98. The Balaban J connectivity index is 2.07. The van der Waals surface area contributed by atoms with Gasteiger partial charge in [-0.15, -0.1) is 0 Å². The monoisotopic (exact) mass is 238 g/mol. The lowest BCUT2D eigenvalue weighted by Gasteiger charge is -1.97. The molecule has 0 atom stereocenters. The highest BCUT2D eigenvalue weighted by Gasteiger charge is 2.07. The number of aromatic nitrogens is 1. The van der Waals surface area contributed by atoms with Gasteiger partial charge in [0.2, 0.25) is 5.89 Å². The number of fused-ring (bicyclic) bond motifs is 1. The standard InChI is InChI=1S/C15H14N2O/c1-10-2-7-13-14(8-10)18-15(17-13)12-5-3-11(9-16)4-6-12/h2-8H,9,16H2,1H3. The number of oxazole rings is 1. The van der Waals surface area contributed by atoms with Crippen LogP contribution in [0.2, 0.25) is 0 Å². The lowest BCUT2D eigenvalue weighted by Crippen LogP contribution is -1.95. The predicted octanol–water partition coefficient (Wildman–Crippen LogP) is 3.26. The summed E-state index contributed by atoms with van der Waals surface area (Å²) in [4.78, 5) is 4.48. The van der Waals surface area contributed by atoms with Crippen LogP contribution >= 0.6 is 0 Å². The summed E-state index contributed by atoms with van der Waals surface area (Å²) in [7, 11) is 0. The van der Waals surface area contributed by atoms with Crippen LogP contribution < -0.4 is 5.73 Å². The second kappa shape index (κ2) is 4.27. The fraction of sp³-hybridized carbons (Fsp3) is 0.133. The molecular weight excluding hydrogens is 224 g/mol. The Bertz CT molecular complexity index is 683. The van der Waals surface area contributed by atoms with E-state index in [1.807, 2.05) is 49.4 Å². The van der Waals surface area contributed by atoms with E-state index in [4.69, 9.17) is 10.2 Å². The summed E-state index contributed by atoms with van der Waals surface area (Å²) in [5, 5.41) is 0. The smallest absolute Gasteiger partial charge is 0.227 e. The van der Waals surface area contributed by atoms with Crippen molar-refractivity contribution in [2.45, 2.75) is 13.5 Å². The van der Waals surface area contributed by atoms with E-state index in [1.54, 1.807) is 0 Å². The highest BCUT2D eigenvalue weighted by atomic mass is 16.3. The van der Waals surface area contributed by atoms with Crippen molar-refractivity contribution in [3.8, 4) is 11.5 Å². The van der Waals surface area contributed by atoms with Crippen molar-refractivity contribution in [3.05, 3.63) is 53.6 Å². The van der Waals surface area contributed by atoms with Crippen molar-refractivity contribution >= 4 is 11.1 Å². The average molecular weight is 238 g/mol. The first kappa shape index (κ1) is 11.0. The van der Waals surface area contributed by atoms with Gasteiger partial charge in [-0.05, 0) is 42.3 Å². The molecule has 0 bridgehead atoms. The van der Waals surface area contributed by atoms with Crippen LogP contribution in [0.3, 0.4) is 0 Å². The molecule has 0 amide bonds. The molecule has 0 radical (unpaired) electrons. The molecule has 0 saturated carbocycles. The SMILES string of the molecule is Cc1ccc2nc(-c3ccc(CN)cc3)oc2c1. The number of hydrogen-bond acceptors (Lipinski definition) is 3.